The van der Waals surface area contributed by atoms with Crippen LogP contribution in [0.1, 0.15) is 10.4 Å². The molecule has 1 amide bonds. The van der Waals surface area contributed by atoms with E-state index in [2.05, 4.69) is 5.32 Å². The summed E-state index contributed by atoms with van der Waals surface area (Å²) in [6.45, 7) is 0.155. The van der Waals surface area contributed by atoms with Crippen molar-refractivity contribution in [3.05, 3.63) is 72.3 Å². The van der Waals surface area contributed by atoms with Gasteiger partial charge in [-0.05, 0) is 48.5 Å². The average Bonchev–Trinajstić information content (AvgIpc) is 3.43. The van der Waals surface area contributed by atoms with Crippen LogP contribution in [-0.2, 0) is 0 Å². The molecular formula is C26H22N6O3. The lowest BCUT2D eigenvalue weighted by atomic mass is 10.2. The van der Waals surface area contributed by atoms with Crippen molar-refractivity contribution >= 4 is 45.3 Å². The number of carbonyl (C=O) groups is 1. The van der Waals surface area contributed by atoms with Crippen molar-refractivity contribution in [2.45, 2.75) is 0 Å². The molecule has 9 nitrogen and oxygen atoms in total. The summed E-state index contributed by atoms with van der Waals surface area (Å²) in [5.41, 5.74) is 11.6. The van der Waals surface area contributed by atoms with Gasteiger partial charge in [-0.3, -0.25) is 9.36 Å². The number of nitrogens with two attached hydrogens (primary N) is 1. The average molecular weight is 467 g/mol. The molecule has 0 atom stereocenters. The molecule has 0 unspecified atom stereocenters. The standard InChI is InChI=1S/C26H22N6O3/c1-31(2)16-8-10-17(11-9-16)32-24(27)22(23-25(32)30-19-6-4-3-5-18(19)29-23)26(33)28-15-7-12-20-21(13-15)35-14-34-20/h3-13H,14,27H2,1-2H3,(H,28,33). The fraction of sp³-hybridized carbons (Fsp3) is 0.115. The molecule has 0 radical (unpaired) electrons. The summed E-state index contributed by atoms with van der Waals surface area (Å²) in [5, 5.41) is 2.92. The molecular weight excluding hydrogens is 444 g/mol. The lowest BCUT2D eigenvalue weighted by Gasteiger charge is -2.14. The number of nitrogens with one attached hydrogen (secondary N) is 1. The molecule has 5 aromatic rings. The number of anilines is 3. The van der Waals surface area contributed by atoms with Crippen molar-refractivity contribution in [2.75, 3.05) is 36.8 Å². The zero-order valence-corrected chi connectivity index (χ0v) is 19.1. The van der Waals surface area contributed by atoms with E-state index < -0.39 is 0 Å². The van der Waals surface area contributed by atoms with E-state index in [0.29, 0.717) is 39.4 Å². The second kappa shape index (κ2) is 7.91. The quantitative estimate of drug-likeness (QED) is 0.409. The number of ether oxygens (including phenoxy) is 2. The molecule has 3 N–H and O–H groups in total. The van der Waals surface area contributed by atoms with Gasteiger partial charge in [-0.25, -0.2) is 9.97 Å². The number of hydrogen-bond donors (Lipinski definition) is 2. The molecule has 0 fully saturated rings. The summed E-state index contributed by atoms with van der Waals surface area (Å²) in [6, 6.07) is 20.6. The van der Waals surface area contributed by atoms with E-state index in [4.69, 9.17) is 25.2 Å². The number of para-hydroxylation sites is 2. The van der Waals surface area contributed by atoms with E-state index >= 15 is 0 Å². The van der Waals surface area contributed by atoms with Gasteiger partial charge in [0.05, 0.1) is 11.0 Å². The summed E-state index contributed by atoms with van der Waals surface area (Å²) in [5.74, 6) is 1.08. The summed E-state index contributed by atoms with van der Waals surface area (Å²) in [4.78, 5) is 25.1. The Morgan fingerprint density at radius 1 is 0.971 bits per heavy atom. The highest BCUT2D eigenvalue weighted by Crippen LogP contribution is 2.36. The minimum absolute atomic E-state index is 0.155. The van der Waals surface area contributed by atoms with Gasteiger partial charge < -0.3 is 25.4 Å². The second-order valence-corrected chi connectivity index (χ2v) is 8.41. The molecule has 1 aliphatic heterocycles. The van der Waals surface area contributed by atoms with Gasteiger partial charge in [0, 0.05) is 37.2 Å². The molecule has 0 saturated carbocycles. The van der Waals surface area contributed by atoms with Crippen LogP contribution in [0.15, 0.2) is 66.7 Å². The molecule has 6 rings (SSSR count). The number of aromatic nitrogens is 3. The van der Waals surface area contributed by atoms with Crippen LogP contribution < -0.4 is 25.4 Å². The van der Waals surface area contributed by atoms with Crippen LogP contribution in [0.2, 0.25) is 0 Å². The van der Waals surface area contributed by atoms with Crippen LogP contribution in [0.5, 0.6) is 11.5 Å². The Kier molecular flexibility index (Phi) is 4.70. The van der Waals surface area contributed by atoms with Gasteiger partial charge in [0.2, 0.25) is 6.79 Å². The number of rotatable bonds is 4. The Bertz CT molecular complexity index is 1610. The molecule has 0 spiro atoms. The molecule has 9 heteroatoms. The molecule has 0 bridgehead atoms. The van der Waals surface area contributed by atoms with Gasteiger partial charge in [-0.1, -0.05) is 12.1 Å². The highest BCUT2D eigenvalue weighted by Gasteiger charge is 2.25. The molecule has 0 aliphatic carbocycles. The SMILES string of the molecule is CN(C)c1ccc(-n2c(N)c(C(=O)Nc3ccc4c(c3)OCO4)c3nc4ccccc4nc32)cc1. The van der Waals surface area contributed by atoms with E-state index in [1.54, 1.807) is 22.8 Å². The number of nitrogens with zero attached hydrogens (tertiary/aromatic N) is 4. The van der Waals surface area contributed by atoms with E-state index in [1.165, 1.54) is 0 Å². The van der Waals surface area contributed by atoms with E-state index in [-0.39, 0.29) is 24.1 Å². The molecule has 1 aliphatic rings. The van der Waals surface area contributed by atoms with Gasteiger partial charge >= 0.3 is 0 Å². The van der Waals surface area contributed by atoms with Gasteiger partial charge in [0.25, 0.3) is 5.91 Å². The molecule has 0 saturated heterocycles. The zero-order chi connectivity index (χ0) is 24.1. The largest absolute Gasteiger partial charge is 0.454 e. The number of fused-ring (bicyclic) bond motifs is 3. The van der Waals surface area contributed by atoms with E-state index in [0.717, 1.165) is 11.4 Å². The number of benzene rings is 3. The summed E-state index contributed by atoms with van der Waals surface area (Å²) in [7, 11) is 3.95. The number of hydrogen-bond acceptors (Lipinski definition) is 7. The Labute approximate surface area is 200 Å². The molecule has 3 heterocycles. The fourth-order valence-electron chi connectivity index (χ4n) is 4.21. The van der Waals surface area contributed by atoms with Crippen molar-refractivity contribution in [1.29, 1.82) is 0 Å². The van der Waals surface area contributed by atoms with Crippen molar-refractivity contribution in [3.63, 3.8) is 0 Å². The number of amides is 1. The minimum atomic E-state index is -0.389. The fourth-order valence-corrected chi connectivity index (χ4v) is 4.21. The summed E-state index contributed by atoms with van der Waals surface area (Å²) < 4.78 is 12.6. The first-order valence-corrected chi connectivity index (χ1v) is 11.0. The van der Waals surface area contributed by atoms with Gasteiger partial charge in [0.1, 0.15) is 16.9 Å². The van der Waals surface area contributed by atoms with Crippen LogP contribution in [0.3, 0.4) is 0 Å². The molecule has 174 valence electrons. The van der Waals surface area contributed by atoms with Crippen molar-refractivity contribution in [3.8, 4) is 17.2 Å². The highest BCUT2D eigenvalue weighted by atomic mass is 16.7. The molecule has 35 heavy (non-hydrogen) atoms. The van der Waals surface area contributed by atoms with Crippen LogP contribution >= 0.6 is 0 Å². The first-order chi connectivity index (χ1) is 17.0. The van der Waals surface area contributed by atoms with Gasteiger partial charge in [-0.2, -0.15) is 0 Å². The van der Waals surface area contributed by atoms with Crippen molar-refractivity contribution < 1.29 is 14.3 Å². The highest BCUT2D eigenvalue weighted by molar-refractivity contribution is 6.16. The normalized spacial score (nSPS) is 12.3. The van der Waals surface area contributed by atoms with Crippen LogP contribution in [0.25, 0.3) is 27.9 Å². The van der Waals surface area contributed by atoms with Crippen LogP contribution in [-0.4, -0.2) is 41.3 Å². The van der Waals surface area contributed by atoms with Gasteiger partial charge in [-0.15, -0.1) is 0 Å². The number of nitrogen functional groups attached to an aromatic ring is 1. The first-order valence-electron chi connectivity index (χ1n) is 11.0. The lowest BCUT2D eigenvalue weighted by molar-refractivity contribution is 0.102. The van der Waals surface area contributed by atoms with E-state index in [1.807, 2.05) is 67.5 Å². The first kappa shape index (κ1) is 20.8. The monoisotopic (exact) mass is 466 g/mol. The van der Waals surface area contributed by atoms with Crippen molar-refractivity contribution in [2.24, 2.45) is 0 Å². The summed E-state index contributed by atoms with van der Waals surface area (Å²) in [6.07, 6.45) is 0. The molecule has 2 aromatic heterocycles. The maximum absolute atomic E-state index is 13.5. The third kappa shape index (κ3) is 3.45. The Balaban J connectivity index is 1.51. The predicted octanol–water partition coefficient (Wildman–Crippen LogP) is 4.20. The Hall–Kier alpha value is -4.79. The Morgan fingerprint density at radius 3 is 2.43 bits per heavy atom. The second-order valence-electron chi connectivity index (χ2n) is 8.41. The smallest absolute Gasteiger partial charge is 0.261 e. The topological polar surface area (TPSA) is 108 Å². The van der Waals surface area contributed by atoms with E-state index in [9.17, 15) is 4.79 Å². The molecule has 3 aromatic carbocycles. The van der Waals surface area contributed by atoms with Gasteiger partial charge in [0.15, 0.2) is 17.1 Å². The van der Waals surface area contributed by atoms with Crippen LogP contribution in [0.4, 0.5) is 17.2 Å². The maximum Gasteiger partial charge on any atom is 0.261 e. The number of carbonyl (C=O) groups excluding carboxylic acids is 1. The lowest BCUT2D eigenvalue weighted by Crippen LogP contribution is -2.14. The zero-order valence-electron chi connectivity index (χ0n) is 19.1. The third-order valence-electron chi connectivity index (χ3n) is 5.98. The van der Waals surface area contributed by atoms with Crippen LogP contribution in [0, 0.1) is 0 Å². The third-order valence-corrected chi connectivity index (χ3v) is 5.98. The minimum Gasteiger partial charge on any atom is -0.454 e. The predicted molar refractivity (Wildman–Crippen MR) is 136 cm³/mol. The maximum atomic E-state index is 13.5. The Morgan fingerprint density at radius 2 is 1.69 bits per heavy atom. The summed E-state index contributed by atoms with van der Waals surface area (Å²) >= 11 is 0. The van der Waals surface area contributed by atoms with Crippen molar-refractivity contribution in [1.82, 2.24) is 14.5 Å².